The van der Waals surface area contributed by atoms with Gasteiger partial charge < -0.3 is 9.64 Å². The van der Waals surface area contributed by atoms with Crippen LogP contribution in [0.2, 0.25) is 5.02 Å². The van der Waals surface area contributed by atoms with E-state index in [4.69, 9.17) is 16.3 Å². The zero-order valence-electron chi connectivity index (χ0n) is 14.5. The maximum absolute atomic E-state index is 12.7. The molecule has 0 bridgehead atoms. The number of aromatic nitrogens is 1. The lowest BCUT2D eigenvalue weighted by molar-refractivity contribution is 0.0693. The third kappa shape index (κ3) is 4.84. The number of carbonyl (C=O) groups is 1. The molecule has 1 amide bonds. The average Bonchev–Trinajstić information content (AvgIpc) is 3.30. The van der Waals surface area contributed by atoms with Crippen LogP contribution in [-0.4, -0.2) is 21.8 Å². The van der Waals surface area contributed by atoms with Gasteiger partial charge in [-0.1, -0.05) is 17.7 Å². The number of amides is 1. The molecule has 1 aromatic carbocycles. The highest BCUT2D eigenvalue weighted by molar-refractivity contribution is 7.12. The van der Waals surface area contributed by atoms with Gasteiger partial charge in [0, 0.05) is 16.4 Å². The lowest BCUT2D eigenvalue weighted by Gasteiger charge is -2.25. The summed E-state index contributed by atoms with van der Waals surface area (Å²) in [7, 11) is 0. The SMILES string of the molecule is CC(C)N(Cc1csc(COc2ccc(Cl)cc2)n1)C(=O)c1cccs1. The van der Waals surface area contributed by atoms with Gasteiger partial charge in [0.25, 0.3) is 5.91 Å². The number of hydrogen-bond donors (Lipinski definition) is 0. The second-order valence-electron chi connectivity index (χ2n) is 5.98. The summed E-state index contributed by atoms with van der Waals surface area (Å²) in [6, 6.07) is 11.1. The first-order chi connectivity index (χ1) is 12.5. The number of carbonyl (C=O) groups excluding carboxylic acids is 1. The summed E-state index contributed by atoms with van der Waals surface area (Å²) in [6.45, 7) is 4.92. The van der Waals surface area contributed by atoms with Crippen LogP contribution in [0.1, 0.15) is 34.2 Å². The summed E-state index contributed by atoms with van der Waals surface area (Å²) in [5.74, 6) is 0.796. The first-order valence-corrected chi connectivity index (χ1v) is 10.3. The van der Waals surface area contributed by atoms with E-state index in [1.807, 2.05) is 53.8 Å². The molecular weight excluding hydrogens is 388 g/mol. The average molecular weight is 407 g/mol. The van der Waals surface area contributed by atoms with Crippen molar-refractivity contribution in [3.8, 4) is 5.75 Å². The fourth-order valence-electron chi connectivity index (χ4n) is 2.37. The molecule has 0 aliphatic carbocycles. The number of rotatable bonds is 7. The van der Waals surface area contributed by atoms with Crippen molar-refractivity contribution >= 4 is 40.2 Å². The molecule has 136 valence electrons. The van der Waals surface area contributed by atoms with Crippen molar-refractivity contribution in [2.75, 3.05) is 0 Å². The Kier molecular flexibility index (Phi) is 6.29. The van der Waals surface area contributed by atoms with Crippen LogP contribution < -0.4 is 4.74 Å². The van der Waals surface area contributed by atoms with E-state index in [9.17, 15) is 4.79 Å². The number of benzene rings is 1. The van der Waals surface area contributed by atoms with Crippen LogP contribution in [0.5, 0.6) is 5.75 Å². The van der Waals surface area contributed by atoms with E-state index in [1.54, 1.807) is 12.1 Å². The van der Waals surface area contributed by atoms with Gasteiger partial charge in [-0.05, 0) is 49.6 Å². The van der Waals surface area contributed by atoms with Gasteiger partial charge in [0.05, 0.1) is 17.1 Å². The quantitative estimate of drug-likeness (QED) is 0.521. The minimum atomic E-state index is 0.0435. The molecular formula is C19H19ClN2O2S2. The molecule has 0 saturated heterocycles. The second-order valence-corrected chi connectivity index (χ2v) is 8.31. The highest BCUT2D eigenvalue weighted by Crippen LogP contribution is 2.20. The van der Waals surface area contributed by atoms with Crippen LogP contribution in [-0.2, 0) is 13.2 Å². The number of thiazole rings is 1. The Morgan fingerprint density at radius 2 is 2.00 bits per heavy atom. The maximum Gasteiger partial charge on any atom is 0.264 e. The van der Waals surface area contributed by atoms with E-state index in [-0.39, 0.29) is 11.9 Å². The molecule has 0 N–H and O–H groups in total. The zero-order valence-corrected chi connectivity index (χ0v) is 16.9. The monoisotopic (exact) mass is 406 g/mol. The van der Waals surface area contributed by atoms with Crippen molar-refractivity contribution in [2.45, 2.75) is 33.0 Å². The second kappa shape index (κ2) is 8.66. The normalized spacial score (nSPS) is 10.9. The first kappa shape index (κ1) is 18.9. The molecule has 26 heavy (non-hydrogen) atoms. The number of nitrogens with zero attached hydrogens (tertiary/aromatic N) is 2. The van der Waals surface area contributed by atoms with Gasteiger partial charge in [-0.15, -0.1) is 22.7 Å². The Morgan fingerprint density at radius 1 is 1.23 bits per heavy atom. The highest BCUT2D eigenvalue weighted by Gasteiger charge is 2.21. The van der Waals surface area contributed by atoms with Gasteiger partial charge in [0.15, 0.2) is 0 Å². The number of thiophene rings is 1. The summed E-state index contributed by atoms with van der Waals surface area (Å²) < 4.78 is 5.73. The highest BCUT2D eigenvalue weighted by atomic mass is 35.5. The standard InChI is InChI=1S/C19H19ClN2O2S2/c1-13(2)22(19(23)17-4-3-9-25-17)10-15-12-26-18(21-15)11-24-16-7-5-14(20)6-8-16/h3-9,12-13H,10-11H2,1-2H3. The first-order valence-electron chi connectivity index (χ1n) is 8.19. The van der Waals surface area contributed by atoms with Crippen LogP contribution >= 0.6 is 34.3 Å². The van der Waals surface area contributed by atoms with Crippen molar-refractivity contribution in [2.24, 2.45) is 0 Å². The van der Waals surface area contributed by atoms with Gasteiger partial charge in [-0.3, -0.25) is 4.79 Å². The van der Waals surface area contributed by atoms with Gasteiger partial charge >= 0.3 is 0 Å². The summed E-state index contributed by atoms with van der Waals surface area (Å²) in [6.07, 6.45) is 0. The molecule has 0 aliphatic heterocycles. The van der Waals surface area contributed by atoms with Crippen LogP contribution in [0.4, 0.5) is 0 Å². The summed E-state index contributed by atoms with van der Waals surface area (Å²) in [5, 5.41) is 5.46. The predicted octanol–water partition coefficient (Wildman–Crippen LogP) is 5.49. The van der Waals surface area contributed by atoms with E-state index >= 15 is 0 Å². The Labute approximate surface area is 166 Å². The van der Waals surface area contributed by atoms with Crippen LogP contribution in [0.3, 0.4) is 0 Å². The van der Waals surface area contributed by atoms with Crippen LogP contribution in [0.25, 0.3) is 0 Å². The van der Waals surface area contributed by atoms with E-state index in [2.05, 4.69) is 4.98 Å². The van der Waals surface area contributed by atoms with E-state index in [1.165, 1.54) is 22.7 Å². The number of ether oxygens (including phenoxy) is 1. The largest absolute Gasteiger partial charge is 0.486 e. The van der Waals surface area contributed by atoms with Crippen molar-refractivity contribution in [3.05, 3.63) is 67.8 Å². The lowest BCUT2D eigenvalue weighted by Crippen LogP contribution is -2.36. The molecule has 7 heteroatoms. The third-order valence-corrected chi connectivity index (χ3v) is 5.70. The Balaban J connectivity index is 1.62. The van der Waals surface area contributed by atoms with Gasteiger partial charge in [0.1, 0.15) is 17.4 Å². The molecule has 0 aliphatic rings. The molecule has 2 heterocycles. The van der Waals surface area contributed by atoms with Crippen molar-refractivity contribution in [3.63, 3.8) is 0 Å². The van der Waals surface area contributed by atoms with Gasteiger partial charge in [-0.25, -0.2) is 4.98 Å². The molecule has 0 fully saturated rings. The molecule has 3 aromatic rings. The van der Waals surface area contributed by atoms with E-state index in [0.29, 0.717) is 18.2 Å². The summed E-state index contributed by atoms with van der Waals surface area (Å²) >= 11 is 8.87. The molecule has 0 radical (unpaired) electrons. The van der Waals surface area contributed by atoms with Crippen LogP contribution in [0, 0.1) is 0 Å². The summed E-state index contributed by atoms with van der Waals surface area (Å²) in [5.41, 5.74) is 0.878. The molecule has 0 unspecified atom stereocenters. The fraction of sp³-hybridized carbons (Fsp3) is 0.263. The zero-order chi connectivity index (χ0) is 18.5. The van der Waals surface area contributed by atoms with E-state index in [0.717, 1.165) is 21.3 Å². The van der Waals surface area contributed by atoms with Crippen LogP contribution in [0.15, 0.2) is 47.2 Å². The smallest absolute Gasteiger partial charge is 0.264 e. The fourth-order valence-corrected chi connectivity index (χ4v) is 3.87. The Bertz CT molecular complexity index is 845. The van der Waals surface area contributed by atoms with Crippen molar-refractivity contribution in [1.82, 2.24) is 9.88 Å². The Hall–Kier alpha value is -1.89. The van der Waals surface area contributed by atoms with Crippen molar-refractivity contribution in [1.29, 1.82) is 0 Å². The maximum atomic E-state index is 12.7. The van der Waals surface area contributed by atoms with Gasteiger partial charge in [0.2, 0.25) is 0 Å². The third-order valence-electron chi connectivity index (χ3n) is 3.72. The molecule has 0 saturated carbocycles. The minimum Gasteiger partial charge on any atom is -0.486 e. The summed E-state index contributed by atoms with van der Waals surface area (Å²) in [4.78, 5) is 19.9. The molecule has 4 nitrogen and oxygen atoms in total. The molecule has 0 spiro atoms. The molecule has 3 rings (SSSR count). The molecule has 0 atom stereocenters. The lowest BCUT2D eigenvalue weighted by atomic mass is 10.2. The molecule has 2 aromatic heterocycles. The Morgan fingerprint density at radius 3 is 2.65 bits per heavy atom. The van der Waals surface area contributed by atoms with Gasteiger partial charge in [-0.2, -0.15) is 0 Å². The number of hydrogen-bond acceptors (Lipinski definition) is 5. The number of halogens is 1. The minimum absolute atomic E-state index is 0.0435. The predicted molar refractivity (Wildman–Crippen MR) is 107 cm³/mol. The topological polar surface area (TPSA) is 42.4 Å². The van der Waals surface area contributed by atoms with Crippen molar-refractivity contribution < 1.29 is 9.53 Å². The van der Waals surface area contributed by atoms with E-state index < -0.39 is 0 Å².